The van der Waals surface area contributed by atoms with Gasteiger partial charge in [-0.15, -0.1) is 6.58 Å². The van der Waals surface area contributed by atoms with Crippen molar-refractivity contribution in [1.29, 1.82) is 0 Å². The lowest BCUT2D eigenvalue weighted by Crippen LogP contribution is -2.17. The van der Waals surface area contributed by atoms with Crippen molar-refractivity contribution in [2.24, 2.45) is 5.92 Å². The summed E-state index contributed by atoms with van der Waals surface area (Å²) in [6, 6.07) is 0. The Morgan fingerprint density at radius 2 is 2.21 bits per heavy atom. The quantitative estimate of drug-likeness (QED) is 0.506. The van der Waals surface area contributed by atoms with Crippen LogP contribution >= 0.6 is 0 Å². The third-order valence-corrected chi connectivity index (χ3v) is 2.45. The molecule has 1 rings (SSSR count). The molecule has 0 unspecified atom stereocenters. The van der Waals surface area contributed by atoms with Crippen molar-refractivity contribution in [3.63, 3.8) is 0 Å². The molecule has 0 saturated carbocycles. The van der Waals surface area contributed by atoms with Crippen molar-refractivity contribution in [2.75, 3.05) is 14.2 Å². The first kappa shape index (κ1) is 11.2. The van der Waals surface area contributed by atoms with Crippen LogP contribution in [0.2, 0.25) is 0 Å². The number of ether oxygens (including phenoxy) is 2. The minimum atomic E-state index is -0.222. The molecule has 1 atom stereocenters. The van der Waals surface area contributed by atoms with Gasteiger partial charge in [0.1, 0.15) is 0 Å². The second kappa shape index (κ2) is 5.78. The highest BCUT2D eigenvalue weighted by Crippen LogP contribution is 2.24. The highest BCUT2D eigenvalue weighted by Gasteiger charge is 2.16. The monoisotopic (exact) mass is 194 g/mol. The van der Waals surface area contributed by atoms with Crippen LogP contribution in [0.25, 0.3) is 0 Å². The maximum Gasteiger partial charge on any atom is 0.179 e. The Kier molecular flexibility index (Phi) is 4.63. The van der Waals surface area contributed by atoms with Gasteiger partial charge in [0.05, 0.1) is 0 Å². The molecule has 0 heterocycles. The molecule has 0 N–H and O–H groups in total. The van der Waals surface area contributed by atoms with E-state index in [9.17, 15) is 0 Å². The molecule has 0 amide bonds. The van der Waals surface area contributed by atoms with Crippen LogP contribution in [0.1, 0.15) is 12.8 Å². The van der Waals surface area contributed by atoms with Gasteiger partial charge in [-0.3, -0.25) is 0 Å². The minimum Gasteiger partial charge on any atom is -0.352 e. The van der Waals surface area contributed by atoms with Crippen LogP contribution in [0.3, 0.4) is 0 Å². The molecule has 0 bridgehead atoms. The predicted molar refractivity (Wildman–Crippen MR) is 58.0 cm³/mol. The fraction of sp³-hybridized carbons (Fsp3) is 0.500. The Balaban J connectivity index is 2.71. The average Bonchev–Trinajstić information content (AvgIpc) is 2.45. The number of methoxy groups -OCH3 is 2. The number of hydrogen-bond donors (Lipinski definition) is 0. The predicted octanol–water partition coefficient (Wildman–Crippen LogP) is 2.68. The molecule has 78 valence electrons. The third-order valence-electron chi connectivity index (χ3n) is 2.45. The molecule has 0 saturated heterocycles. The summed E-state index contributed by atoms with van der Waals surface area (Å²) >= 11 is 0. The van der Waals surface area contributed by atoms with Crippen molar-refractivity contribution >= 4 is 0 Å². The first-order valence-corrected chi connectivity index (χ1v) is 4.85. The largest absolute Gasteiger partial charge is 0.352 e. The number of allylic oxidation sites excluding steroid dienone is 4. The molecule has 0 spiro atoms. The van der Waals surface area contributed by atoms with Gasteiger partial charge < -0.3 is 9.47 Å². The van der Waals surface area contributed by atoms with Gasteiger partial charge in [0, 0.05) is 14.2 Å². The standard InChI is InChI=1S/C12H18O2/c1-4-10-7-5-6-8-11(9-10)12(13-2)14-3/h4-6,8,10,12H,1,7,9H2,2-3H3/t10-/m1/s1. The first-order valence-electron chi connectivity index (χ1n) is 4.85. The van der Waals surface area contributed by atoms with E-state index < -0.39 is 0 Å². The van der Waals surface area contributed by atoms with Gasteiger partial charge >= 0.3 is 0 Å². The van der Waals surface area contributed by atoms with Crippen molar-refractivity contribution in [2.45, 2.75) is 19.1 Å². The smallest absolute Gasteiger partial charge is 0.179 e. The van der Waals surface area contributed by atoms with Gasteiger partial charge in [0.2, 0.25) is 0 Å². The van der Waals surface area contributed by atoms with E-state index in [-0.39, 0.29) is 6.29 Å². The maximum absolute atomic E-state index is 5.23. The second-order valence-electron chi connectivity index (χ2n) is 3.41. The molecule has 14 heavy (non-hydrogen) atoms. The molecule has 0 radical (unpaired) electrons. The van der Waals surface area contributed by atoms with Crippen molar-refractivity contribution in [3.05, 3.63) is 36.5 Å². The first-order chi connectivity index (χ1) is 6.81. The Bertz CT molecular complexity index is 237. The Morgan fingerprint density at radius 3 is 2.79 bits per heavy atom. The molecule has 0 fully saturated rings. The van der Waals surface area contributed by atoms with E-state index in [2.05, 4.69) is 24.8 Å². The summed E-state index contributed by atoms with van der Waals surface area (Å²) in [5.41, 5.74) is 1.17. The molecular formula is C12H18O2. The number of rotatable bonds is 4. The Labute approximate surface area is 85.9 Å². The molecule has 2 heteroatoms. The zero-order valence-corrected chi connectivity index (χ0v) is 8.90. The lowest BCUT2D eigenvalue weighted by atomic mass is 9.97. The molecule has 0 aliphatic heterocycles. The van der Waals surface area contributed by atoms with Crippen LogP contribution in [-0.2, 0) is 9.47 Å². The van der Waals surface area contributed by atoms with E-state index >= 15 is 0 Å². The van der Waals surface area contributed by atoms with E-state index in [0.717, 1.165) is 12.8 Å². The van der Waals surface area contributed by atoms with Gasteiger partial charge in [-0.2, -0.15) is 0 Å². The van der Waals surface area contributed by atoms with Gasteiger partial charge in [-0.1, -0.05) is 24.3 Å². The Morgan fingerprint density at radius 1 is 1.50 bits per heavy atom. The van der Waals surface area contributed by atoms with Gasteiger partial charge in [0.15, 0.2) is 6.29 Å². The molecular weight excluding hydrogens is 176 g/mol. The summed E-state index contributed by atoms with van der Waals surface area (Å²) in [6.45, 7) is 3.83. The molecule has 1 aliphatic rings. The second-order valence-corrected chi connectivity index (χ2v) is 3.41. The lowest BCUT2D eigenvalue weighted by Gasteiger charge is -2.19. The topological polar surface area (TPSA) is 18.5 Å². The van der Waals surface area contributed by atoms with E-state index in [0.29, 0.717) is 5.92 Å². The summed E-state index contributed by atoms with van der Waals surface area (Å²) in [5.74, 6) is 0.493. The summed E-state index contributed by atoms with van der Waals surface area (Å²) in [6.07, 6.45) is 10.1. The van der Waals surface area contributed by atoms with Crippen LogP contribution in [-0.4, -0.2) is 20.5 Å². The fourth-order valence-corrected chi connectivity index (χ4v) is 1.65. The summed E-state index contributed by atoms with van der Waals surface area (Å²) < 4.78 is 10.5. The zero-order valence-electron chi connectivity index (χ0n) is 8.90. The van der Waals surface area contributed by atoms with Gasteiger partial charge in [0.25, 0.3) is 0 Å². The molecule has 0 aromatic carbocycles. The highest BCUT2D eigenvalue weighted by molar-refractivity contribution is 5.19. The highest BCUT2D eigenvalue weighted by atomic mass is 16.7. The Hall–Kier alpha value is -0.860. The van der Waals surface area contributed by atoms with E-state index in [1.54, 1.807) is 14.2 Å². The van der Waals surface area contributed by atoms with Crippen LogP contribution < -0.4 is 0 Å². The van der Waals surface area contributed by atoms with Crippen LogP contribution in [0, 0.1) is 5.92 Å². The molecule has 0 aromatic heterocycles. The summed E-state index contributed by atoms with van der Waals surface area (Å²) in [4.78, 5) is 0. The zero-order chi connectivity index (χ0) is 10.4. The lowest BCUT2D eigenvalue weighted by molar-refractivity contribution is -0.0772. The molecule has 2 nitrogen and oxygen atoms in total. The van der Waals surface area contributed by atoms with Crippen LogP contribution in [0.15, 0.2) is 36.5 Å². The SMILES string of the molecule is C=C[C@@H]1CC=CC=C(C(OC)OC)C1. The van der Waals surface area contributed by atoms with Crippen LogP contribution in [0.4, 0.5) is 0 Å². The summed E-state index contributed by atoms with van der Waals surface area (Å²) in [7, 11) is 3.32. The van der Waals surface area contributed by atoms with E-state index in [1.165, 1.54) is 5.57 Å². The maximum atomic E-state index is 5.23. The van der Waals surface area contributed by atoms with Crippen molar-refractivity contribution < 1.29 is 9.47 Å². The van der Waals surface area contributed by atoms with Gasteiger partial charge in [-0.05, 0) is 24.3 Å². The van der Waals surface area contributed by atoms with E-state index in [1.807, 2.05) is 6.08 Å². The normalized spacial score (nSPS) is 21.9. The van der Waals surface area contributed by atoms with E-state index in [4.69, 9.17) is 9.47 Å². The minimum absolute atomic E-state index is 0.222. The third kappa shape index (κ3) is 2.82. The summed E-state index contributed by atoms with van der Waals surface area (Å²) in [5, 5.41) is 0. The van der Waals surface area contributed by atoms with Gasteiger partial charge in [-0.25, -0.2) is 0 Å². The van der Waals surface area contributed by atoms with Crippen molar-refractivity contribution in [1.82, 2.24) is 0 Å². The number of hydrogen-bond acceptors (Lipinski definition) is 2. The van der Waals surface area contributed by atoms with Crippen LogP contribution in [0.5, 0.6) is 0 Å². The van der Waals surface area contributed by atoms with Crippen molar-refractivity contribution in [3.8, 4) is 0 Å². The fourth-order valence-electron chi connectivity index (χ4n) is 1.65. The molecule has 0 aromatic rings. The average molecular weight is 194 g/mol. The molecule has 1 aliphatic carbocycles.